The van der Waals surface area contributed by atoms with Gasteiger partial charge in [0.15, 0.2) is 0 Å². The van der Waals surface area contributed by atoms with E-state index >= 15 is 0 Å². The Labute approximate surface area is 148 Å². The lowest BCUT2D eigenvalue weighted by Crippen LogP contribution is -2.48. The summed E-state index contributed by atoms with van der Waals surface area (Å²) in [6.07, 6.45) is 3.42. The summed E-state index contributed by atoms with van der Waals surface area (Å²) in [4.78, 5) is 4.10. The molecule has 1 aliphatic heterocycles. The molecular formula is C13H15BrClN3O2S2. The average Bonchev–Trinajstić information content (AvgIpc) is 2.95. The summed E-state index contributed by atoms with van der Waals surface area (Å²) >= 11 is 4.56. The maximum Gasteiger partial charge on any atom is 0.253 e. The highest BCUT2D eigenvalue weighted by atomic mass is 79.9. The molecule has 1 aliphatic rings. The lowest BCUT2D eigenvalue weighted by atomic mass is 10.1. The van der Waals surface area contributed by atoms with E-state index in [9.17, 15) is 8.42 Å². The maximum atomic E-state index is 12.9. The van der Waals surface area contributed by atoms with Crippen LogP contribution in [0.5, 0.6) is 0 Å². The number of sulfonamides is 1. The van der Waals surface area contributed by atoms with E-state index in [1.165, 1.54) is 11.3 Å². The molecule has 0 bridgehead atoms. The van der Waals surface area contributed by atoms with Gasteiger partial charge in [0.25, 0.3) is 10.0 Å². The fourth-order valence-corrected chi connectivity index (χ4v) is 6.14. The lowest BCUT2D eigenvalue weighted by molar-refractivity contribution is 0.271. The van der Waals surface area contributed by atoms with Crippen molar-refractivity contribution in [3.8, 4) is 0 Å². The highest BCUT2D eigenvalue weighted by Gasteiger charge is 2.35. The molecule has 0 aromatic carbocycles. The molecule has 22 heavy (non-hydrogen) atoms. The van der Waals surface area contributed by atoms with Crippen LogP contribution in [-0.2, 0) is 10.0 Å². The summed E-state index contributed by atoms with van der Waals surface area (Å²) in [7, 11) is -3.48. The summed E-state index contributed by atoms with van der Waals surface area (Å²) in [6.45, 7) is 1.71. The predicted octanol–water partition coefficient (Wildman–Crippen LogP) is 2.66. The second-order valence-corrected chi connectivity index (χ2v) is 9.26. The number of halogens is 2. The third kappa shape index (κ3) is 3.52. The molecule has 0 spiro atoms. The second-order valence-electron chi connectivity index (χ2n) is 4.68. The van der Waals surface area contributed by atoms with Crippen molar-refractivity contribution in [2.45, 2.75) is 10.3 Å². The molecule has 0 radical (unpaired) electrons. The van der Waals surface area contributed by atoms with Gasteiger partial charge in [-0.05, 0) is 39.7 Å². The fourth-order valence-electron chi connectivity index (χ4n) is 2.38. The molecule has 9 heteroatoms. The fraction of sp³-hybridized carbons (Fsp3) is 0.308. The van der Waals surface area contributed by atoms with Crippen molar-refractivity contribution in [2.75, 3.05) is 19.6 Å². The first kappa shape index (κ1) is 17.8. The van der Waals surface area contributed by atoms with Gasteiger partial charge in [-0.15, -0.1) is 23.7 Å². The smallest absolute Gasteiger partial charge is 0.253 e. The Kier molecular flexibility index (Phi) is 5.98. The molecular weight excluding hydrogens is 410 g/mol. The van der Waals surface area contributed by atoms with E-state index in [0.29, 0.717) is 23.8 Å². The molecule has 0 saturated carbocycles. The van der Waals surface area contributed by atoms with Crippen LogP contribution in [0.25, 0.3) is 0 Å². The Balaban J connectivity index is 0.00000176. The summed E-state index contributed by atoms with van der Waals surface area (Å²) in [6, 6.07) is 6.93. The molecule has 5 nitrogen and oxygen atoms in total. The number of rotatable bonds is 3. The van der Waals surface area contributed by atoms with E-state index < -0.39 is 10.0 Å². The number of piperazine rings is 1. The van der Waals surface area contributed by atoms with Crippen molar-refractivity contribution >= 4 is 49.7 Å². The molecule has 0 aliphatic carbocycles. The van der Waals surface area contributed by atoms with Gasteiger partial charge in [0, 0.05) is 32.0 Å². The highest BCUT2D eigenvalue weighted by Crippen LogP contribution is 2.33. The van der Waals surface area contributed by atoms with Gasteiger partial charge in [-0.2, -0.15) is 4.31 Å². The van der Waals surface area contributed by atoms with Crippen LogP contribution in [0.4, 0.5) is 0 Å². The zero-order valence-corrected chi connectivity index (χ0v) is 15.5. The van der Waals surface area contributed by atoms with Crippen LogP contribution in [0, 0.1) is 0 Å². The van der Waals surface area contributed by atoms with Crippen LogP contribution in [-0.4, -0.2) is 37.3 Å². The minimum absolute atomic E-state index is 0. The monoisotopic (exact) mass is 423 g/mol. The number of hydrogen-bond acceptors (Lipinski definition) is 5. The first-order valence-electron chi connectivity index (χ1n) is 6.47. The van der Waals surface area contributed by atoms with Crippen LogP contribution < -0.4 is 5.32 Å². The Morgan fingerprint density at radius 2 is 2.18 bits per heavy atom. The summed E-state index contributed by atoms with van der Waals surface area (Å²) < 4.78 is 28.5. The van der Waals surface area contributed by atoms with E-state index in [1.807, 2.05) is 12.1 Å². The normalized spacial score (nSPS) is 19.6. The largest absolute Gasteiger partial charge is 0.313 e. The first-order chi connectivity index (χ1) is 10.1. The number of thiophene rings is 1. The van der Waals surface area contributed by atoms with E-state index in [4.69, 9.17) is 0 Å². The number of aromatic nitrogens is 1. The summed E-state index contributed by atoms with van der Waals surface area (Å²) in [5.41, 5.74) is 0.906. The van der Waals surface area contributed by atoms with Crippen LogP contribution in [0.3, 0.4) is 0 Å². The van der Waals surface area contributed by atoms with Crippen LogP contribution in [0.1, 0.15) is 11.6 Å². The van der Waals surface area contributed by atoms with Gasteiger partial charge in [-0.1, -0.05) is 6.07 Å². The van der Waals surface area contributed by atoms with Crippen molar-refractivity contribution in [1.29, 1.82) is 0 Å². The van der Waals surface area contributed by atoms with Gasteiger partial charge in [0.2, 0.25) is 0 Å². The molecule has 120 valence electrons. The lowest BCUT2D eigenvalue weighted by Gasteiger charge is -2.34. The van der Waals surface area contributed by atoms with Gasteiger partial charge in [0.1, 0.15) is 4.21 Å². The van der Waals surface area contributed by atoms with Crippen LogP contribution in [0.15, 0.2) is 44.7 Å². The van der Waals surface area contributed by atoms with Gasteiger partial charge in [-0.3, -0.25) is 4.98 Å². The Morgan fingerprint density at radius 1 is 1.36 bits per heavy atom. The number of pyridine rings is 1. The second kappa shape index (κ2) is 7.37. The minimum Gasteiger partial charge on any atom is -0.313 e. The molecule has 2 aromatic heterocycles. The van der Waals surface area contributed by atoms with E-state index in [-0.39, 0.29) is 18.4 Å². The molecule has 2 aromatic rings. The van der Waals surface area contributed by atoms with Crippen molar-refractivity contribution in [2.24, 2.45) is 0 Å². The third-order valence-electron chi connectivity index (χ3n) is 3.37. The summed E-state index contributed by atoms with van der Waals surface area (Å²) in [5.74, 6) is 0. The van der Waals surface area contributed by atoms with Gasteiger partial charge >= 0.3 is 0 Å². The van der Waals surface area contributed by atoms with Crippen LogP contribution >= 0.6 is 39.7 Å². The van der Waals surface area contributed by atoms with Gasteiger partial charge < -0.3 is 5.32 Å². The molecule has 1 atom stereocenters. The zero-order valence-electron chi connectivity index (χ0n) is 11.5. The highest BCUT2D eigenvalue weighted by molar-refractivity contribution is 9.11. The minimum atomic E-state index is -3.48. The number of nitrogens with one attached hydrogen (secondary N) is 1. The van der Waals surface area contributed by atoms with Crippen molar-refractivity contribution in [3.63, 3.8) is 0 Å². The number of hydrogen-bond donors (Lipinski definition) is 1. The molecule has 1 N–H and O–H groups in total. The van der Waals surface area contributed by atoms with Gasteiger partial charge in [0.05, 0.1) is 9.83 Å². The zero-order chi connectivity index (χ0) is 14.9. The molecule has 1 saturated heterocycles. The average molecular weight is 425 g/mol. The molecule has 1 fully saturated rings. The standard InChI is InChI=1S/C13H14BrN3O2S2.ClH/c14-12-3-4-13(20-12)21(18,19)17-7-6-16-9-11(17)10-2-1-5-15-8-10;/h1-5,8,11,16H,6-7,9H2;1H. The Morgan fingerprint density at radius 3 is 2.82 bits per heavy atom. The van der Waals surface area contributed by atoms with Crippen molar-refractivity contribution in [1.82, 2.24) is 14.6 Å². The molecule has 3 heterocycles. The maximum absolute atomic E-state index is 12.9. The Hall–Kier alpha value is -0.510. The number of nitrogens with zero attached hydrogens (tertiary/aromatic N) is 2. The first-order valence-corrected chi connectivity index (χ1v) is 9.52. The van der Waals surface area contributed by atoms with Crippen molar-refractivity contribution in [3.05, 3.63) is 46.0 Å². The SMILES string of the molecule is Cl.O=S(=O)(c1ccc(Br)s1)N1CCNCC1c1cccnc1. The Bertz CT molecular complexity index is 724. The quantitative estimate of drug-likeness (QED) is 0.823. The third-order valence-corrected chi connectivity index (χ3v) is 7.37. The van der Waals surface area contributed by atoms with Crippen LogP contribution in [0.2, 0.25) is 0 Å². The topological polar surface area (TPSA) is 62.3 Å². The summed E-state index contributed by atoms with van der Waals surface area (Å²) in [5, 5.41) is 3.25. The van der Waals surface area contributed by atoms with Crippen molar-refractivity contribution < 1.29 is 8.42 Å². The van der Waals surface area contributed by atoms with E-state index in [0.717, 1.165) is 9.35 Å². The molecule has 0 amide bonds. The van der Waals surface area contributed by atoms with Gasteiger partial charge in [-0.25, -0.2) is 8.42 Å². The molecule has 3 rings (SSSR count). The van der Waals surface area contributed by atoms with E-state index in [1.54, 1.807) is 28.8 Å². The molecule has 1 unspecified atom stereocenters. The van der Waals surface area contributed by atoms with E-state index in [2.05, 4.69) is 26.2 Å². The predicted molar refractivity (Wildman–Crippen MR) is 93.0 cm³/mol.